The van der Waals surface area contributed by atoms with Crippen molar-refractivity contribution < 1.29 is 13.9 Å². The first kappa shape index (κ1) is 16.1. The molecule has 0 unspecified atom stereocenters. The average Bonchev–Trinajstić information content (AvgIpc) is 3.05. The summed E-state index contributed by atoms with van der Waals surface area (Å²) in [6, 6.07) is 14.5. The number of benzene rings is 2. The number of carbonyl (C=O) groups is 1. The van der Waals surface area contributed by atoms with Gasteiger partial charge in [-0.15, -0.1) is 0 Å². The van der Waals surface area contributed by atoms with E-state index in [0.717, 1.165) is 10.1 Å². The molecule has 4 rings (SSSR count). The first-order valence-electron chi connectivity index (χ1n) is 8.35. The number of carbonyl (C=O) groups excluding carboxylic acids is 1. The van der Waals surface area contributed by atoms with Gasteiger partial charge in [0.1, 0.15) is 11.1 Å². The van der Waals surface area contributed by atoms with E-state index in [1.165, 1.54) is 6.20 Å². The van der Waals surface area contributed by atoms with Crippen LogP contribution in [0.15, 0.2) is 59.1 Å². The van der Waals surface area contributed by atoms with Crippen LogP contribution in [0.2, 0.25) is 0 Å². The van der Waals surface area contributed by atoms with E-state index >= 15 is 0 Å². The fourth-order valence-electron chi connectivity index (χ4n) is 2.74. The van der Waals surface area contributed by atoms with Crippen LogP contribution in [0.25, 0.3) is 33.5 Å². The molecule has 2 aromatic heterocycles. The highest BCUT2D eigenvalue weighted by Gasteiger charge is 2.15. The first-order valence-corrected chi connectivity index (χ1v) is 8.35. The zero-order chi connectivity index (χ0) is 18.3. The van der Waals surface area contributed by atoms with Gasteiger partial charge in [-0.2, -0.15) is 4.73 Å². The molecular formula is C20H17N3O3. The number of fused-ring (bicyclic) bond motifs is 2. The fraction of sp³-hybridized carbons (Fsp3) is 0.150. The monoisotopic (exact) mass is 347 g/mol. The Bertz CT molecular complexity index is 1130. The Balaban J connectivity index is 1.75. The molecule has 2 aromatic carbocycles. The van der Waals surface area contributed by atoms with E-state index in [1.54, 1.807) is 24.3 Å². The molecule has 1 N–H and O–H groups in total. The molecule has 2 heterocycles. The minimum atomic E-state index is -0.108. The van der Waals surface area contributed by atoms with Gasteiger partial charge in [-0.05, 0) is 30.3 Å². The lowest BCUT2D eigenvalue weighted by Crippen LogP contribution is -2.26. The highest BCUT2D eigenvalue weighted by atomic mass is 16.5. The molecule has 0 aliphatic rings. The number of nitrogens with zero attached hydrogens (tertiary/aromatic N) is 2. The maximum Gasteiger partial charge on any atom is 0.233 e. The third-order valence-corrected chi connectivity index (χ3v) is 4.17. The maximum absolute atomic E-state index is 12.2. The quantitative estimate of drug-likeness (QED) is 0.450. The summed E-state index contributed by atoms with van der Waals surface area (Å²) < 4.78 is 6.60. The summed E-state index contributed by atoms with van der Waals surface area (Å²) >= 11 is 0. The molecule has 0 bridgehead atoms. The van der Waals surface area contributed by atoms with Crippen LogP contribution in [-0.2, 0) is 4.79 Å². The van der Waals surface area contributed by atoms with Gasteiger partial charge >= 0.3 is 0 Å². The second-order valence-electron chi connectivity index (χ2n) is 6.46. The zero-order valence-electron chi connectivity index (χ0n) is 14.4. The van der Waals surface area contributed by atoms with Gasteiger partial charge in [0.25, 0.3) is 0 Å². The summed E-state index contributed by atoms with van der Waals surface area (Å²) in [6.45, 7) is 3.67. The van der Waals surface area contributed by atoms with Crippen molar-refractivity contribution in [2.24, 2.45) is 5.92 Å². The van der Waals surface area contributed by atoms with Crippen LogP contribution in [0.5, 0.6) is 0 Å². The molecule has 4 aromatic rings. The Hall–Kier alpha value is -3.41. The second-order valence-corrected chi connectivity index (χ2v) is 6.46. The van der Waals surface area contributed by atoms with E-state index in [-0.39, 0.29) is 11.8 Å². The third-order valence-electron chi connectivity index (χ3n) is 4.17. The molecule has 6 heteroatoms. The lowest BCUT2D eigenvalue weighted by Gasteiger charge is -2.06. The lowest BCUT2D eigenvalue weighted by atomic mass is 10.1. The molecular weight excluding hydrogens is 330 g/mol. The summed E-state index contributed by atoms with van der Waals surface area (Å²) in [7, 11) is 0. The van der Waals surface area contributed by atoms with Crippen LogP contribution < -0.4 is 10.0 Å². The molecule has 6 nitrogen and oxygen atoms in total. The summed E-state index contributed by atoms with van der Waals surface area (Å²) in [4.78, 5) is 16.3. The van der Waals surface area contributed by atoms with Gasteiger partial charge < -0.3 is 14.9 Å². The van der Waals surface area contributed by atoms with Gasteiger partial charge in [-0.25, -0.2) is 4.98 Å². The number of anilines is 1. The number of hydrogen-bond donors (Lipinski definition) is 1. The molecule has 0 aliphatic heterocycles. The summed E-state index contributed by atoms with van der Waals surface area (Å²) in [5.74, 6) is 0.196. The number of oxazole rings is 1. The van der Waals surface area contributed by atoms with Crippen LogP contribution in [0, 0.1) is 11.1 Å². The Morgan fingerprint density at radius 3 is 2.81 bits per heavy atom. The van der Waals surface area contributed by atoms with Crippen molar-refractivity contribution in [3.63, 3.8) is 0 Å². The van der Waals surface area contributed by atoms with Crippen LogP contribution in [-0.4, -0.2) is 10.9 Å². The fourth-order valence-corrected chi connectivity index (χ4v) is 2.74. The highest BCUT2D eigenvalue weighted by molar-refractivity contribution is 5.94. The van der Waals surface area contributed by atoms with Crippen molar-refractivity contribution in [2.75, 3.05) is 5.32 Å². The van der Waals surface area contributed by atoms with Crippen LogP contribution in [0.1, 0.15) is 13.8 Å². The zero-order valence-corrected chi connectivity index (χ0v) is 14.4. The minimum absolute atomic E-state index is 0.0602. The summed E-state index contributed by atoms with van der Waals surface area (Å²) in [5.41, 5.74) is 3.06. The van der Waals surface area contributed by atoms with Gasteiger partial charge in [-0.3, -0.25) is 4.79 Å². The number of rotatable bonds is 3. The molecule has 130 valence electrons. The van der Waals surface area contributed by atoms with E-state index in [2.05, 4.69) is 10.3 Å². The molecule has 0 aliphatic carbocycles. The van der Waals surface area contributed by atoms with Gasteiger partial charge in [0.05, 0.1) is 0 Å². The van der Waals surface area contributed by atoms with Crippen molar-refractivity contribution in [2.45, 2.75) is 13.8 Å². The largest absolute Gasteiger partial charge is 0.618 e. The summed E-state index contributed by atoms with van der Waals surface area (Å²) in [5, 5.41) is 15.9. The predicted molar refractivity (Wildman–Crippen MR) is 99.4 cm³/mol. The Labute approximate surface area is 149 Å². The highest BCUT2D eigenvalue weighted by Crippen LogP contribution is 2.27. The molecule has 0 saturated heterocycles. The molecule has 0 fully saturated rings. The van der Waals surface area contributed by atoms with Crippen molar-refractivity contribution in [1.29, 1.82) is 0 Å². The normalized spacial score (nSPS) is 11.3. The topological polar surface area (TPSA) is 82.1 Å². The Morgan fingerprint density at radius 1 is 1.19 bits per heavy atom. The van der Waals surface area contributed by atoms with Crippen molar-refractivity contribution in [1.82, 2.24) is 4.98 Å². The Kier molecular flexibility index (Phi) is 3.80. The average molecular weight is 347 g/mol. The first-order chi connectivity index (χ1) is 12.5. The number of amides is 1. The van der Waals surface area contributed by atoms with E-state index in [0.29, 0.717) is 33.8 Å². The minimum Gasteiger partial charge on any atom is -0.618 e. The smallest absolute Gasteiger partial charge is 0.233 e. The van der Waals surface area contributed by atoms with Crippen molar-refractivity contribution >= 4 is 33.6 Å². The molecule has 26 heavy (non-hydrogen) atoms. The van der Waals surface area contributed by atoms with Gasteiger partial charge in [0.15, 0.2) is 11.8 Å². The van der Waals surface area contributed by atoms with Crippen LogP contribution >= 0.6 is 0 Å². The van der Waals surface area contributed by atoms with E-state index in [1.807, 2.05) is 38.1 Å². The third kappa shape index (κ3) is 2.86. The number of para-hydroxylation sites is 1. The van der Waals surface area contributed by atoms with E-state index in [9.17, 15) is 10.0 Å². The van der Waals surface area contributed by atoms with E-state index in [4.69, 9.17) is 4.42 Å². The Morgan fingerprint density at radius 2 is 2.00 bits per heavy atom. The van der Waals surface area contributed by atoms with Gasteiger partial charge in [-0.1, -0.05) is 26.0 Å². The summed E-state index contributed by atoms with van der Waals surface area (Å²) in [6.07, 6.45) is 1.45. The van der Waals surface area contributed by atoms with E-state index < -0.39 is 0 Å². The lowest BCUT2D eigenvalue weighted by molar-refractivity contribution is -0.576. The second kappa shape index (κ2) is 6.15. The number of aromatic nitrogens is 2. The number of nitrogens with one attached hydrogen (secondary N) is 1. The molecule has 0 atom stereocenters. The standard InChI is InChI=1S/C20H17N3O3/c1-12(2)19(24)21-15-7-8-18-16(10-15)22-20(26-18)14-9-13-5-3-4-6-17(13)23(25)11-14/h3-12H,1-2H3,(H,21,24). The van der Waals surface area contributed by atoms with Gasteiger partial charge in [0.2, 0.25) is 17.3 Å². The predicted octanol–water partition coefficient (Wildman–Crippen LogP) is 3.88. The van der Waals surface area contributed by atoms with Crippen molar-refractivity contribution in [3.05, 3.63) is 59.9 Å². The van der Waals surface area contributed by atoms with Crippen LogP contribution in [0.3, 0.4) is 0 Å². The maximum atomic E-state index is 12.2. The molecule has 0 radical (unpaired) electrons. The van der Waals surface area contributed by atoms with Crippen LogP contribution in [0.4, 0.5) is 5.69 Å². The molecule has 1 amide bonds. The molecule has 0 spiro atoms. The molecule has 0 saturated carbocycles. The number of hydrogen-bond acceptors (Lipinski definition) is 4. The van der Waals surface area contributed by atoms with Crippen molar-refractivity contribution in [3.8, 4) is 11.5 Å². The SMILES string of the molecule is CC(C)C(=O)Nc1ccc2oc(-c3cc4ccccc4[n+]([O-])c3)nc2c1. The number of pyridine rings is 1. The van der Waals surface area contributed by atoms with Gasteiger partial charge in [0, 0.05) is 23.1 Å².